The number of sulfone groups is 1. The zero-order chi connectivity index (χ0) is 12.9. The highest BCUT2D eigenvalue weighted by atomic mass is 32.2. The Hall–Kier alpha value is -0.130. The van der Waals surface area contributed by atoms with E-state index in [9.17, 15) is 8.42 Å². The maximum absolute atomic E-state index is 11.5. The summed E-state index contributed by atoms with van der Waals surface area (Å²) in [5.74, 6) is 0.597. The van der Waals surface area contributed by atoms with Crippen LogP contribution in [0.2, 0.25) is 0 Å². The second kappa shape index (κ2) is 6.16. The number of nitrogens with two attached hydrogens (primary N) is 1. The normalized spacial score (nSPS) is 22.8. The highest BCUT2D eigenvalue weighted by Crippen LogP contribution is 2.29. The molecule has 17 heavy (non-hydrogen) atoms. The maximum atomic E-state index is 11.5. The lowest BCUT2D eigenvalue weighted by Crippen LogP contribution is -2.57. The van der Waals surface area contributed by atoms with E-state index >= 15 is 0 Å². The molecule has 1 aliphatic heterocycles. The lowest BCUT2D eigenvalue weighted by molar-refractivity contribution is 0.0871. The molecule has 1 aliphatic rings. The van der Waals surface area contributed by atoms with E-state index in [-0.39, 0.29) is 5.54 Å². The molecule has 0 spiro atoms. The van der Waals surface area contributed by atoms with E-state index in [0.717, 1.165) is 25.9 Å². The molecule has 4 nitrogen and oxygen atoms in total. The Morgan fingerprint density at radius 1 is 1.24 bits per heavy atom. The molecule has 1 saturated heterocycles. The van der Waals surface area contributed by atoms with Gasteiger partial charge in [-0.3, -0.25) is 4.90 Å². The van der Waals surface area contributed by atoms with Gasteiger partial charge in [0.25, 0.3) is 0 Å². The molecule has 5 heteroatoms. The first-order chi connectivity index (χ1) is 7.99. The number of unbranched alkanes of at least 4 members (excludes halogenated alkanes) is 1. The fourth-order valence-corrected chi connectivity index (χ4v) is 4.23. The van der Waals surface area contributed by atoms with Crippen molar-refractivity contribution in [3.8, 4) is 0 Å². The van der Waals surface area contributed by atoms with Gasteiger partial charge < -0.3 is 5.73 Å². The van der Waals surface area contributed by atoms with Crippen LogP contribution in [0.25, 0.3) is 0 Å². The molecule has 0 amide bonds. The lowest BCUT2D eigenvalue weighted by Gasteiger charge is -2.45. The maximum Gasteiger partial charge on any atom is 0.150 e. The van der Waals surface area contributed by atoms with Crippen molar-refractivity contribution in [2.45, 2.75) is 45.1 Å². The standard InChI is InChI=1S/C12H26N2O2S/c1-3-5-8-14(4-2)12(11-13)6-9-17(15,16)10-7-12/h3-11,13H2,1-2H3. The van der Waals surface area contributed by atoms with Crippen molar-refractivity contribution < 1.29 is 8.42 Å². The Morgan fingerprint density at radius 3 is 2.24 bits per heavy atom. The van der Waals surface area contributed by atoms with Crippen LogP contribution in [-0.4, -0.2) is 50.0 Å². The molecule has 0 radical (unpaired) electrons. The van der Waals surface area contributed by atoms with Crippen molar-refractivity contribution in [3.63, 3.8) is 0 Å². The molecule has 0 aromatic rings. The van der Waals surface area contributed by atoms with Crippen molar-refractivity contribution in [2.24, 2.45) is 5.73 Å². The Kier molecular flexibility index (Phi) is 5.41. The van der Waals surface area contributed by atoms with Crippen LogP contribution in [0.5, 0.6) is 0 Å². The fraction of sp³-hybridized carbons (Fsp3) is 1.00. The van der Waals surface area contributed by atoms with E-state index < -0.39 is 9.84 Å². The Bertz CT molecular complexity index is 313. The minimum Gasteiger partial charge on any atom is -0.329 e. The van der Waals surface area contributed by atoms with Gasteiger partial charge in [0, 0.05) is 12.1 Å². The van der Waals surface area contributed by atoms with Gasteiger partial charge in [-0.25, -0.2) is 8.42 Å². The molecule has 0 saturated carbocycles. The van der Waals surface area contributed by atoms with Crippen molar-refractivity contribution >= 4 is 9.84 Å². The van der Waals surface area contributed by atoms with Crippen LogP contribution >= 0.6 is 0 Å². The van der Waals surface area contributed by atoms with E-state index in [0.29, 0.717) is 30.9 Å². The summed E-state index contributed by atoms with van der Waals surface area (Å²) in [7, 11) is -2.81. The van der Waals surface area contributed by atoms with Gasteiger partial charge >= 0.3 is 0 Å². The van der Waals surface area contributed by atoms with Crippen molar-refractivity contribution in [1.82, 2.24) is 4.90 Å². The monoisotopic (exact) mass is 262 g/mol. The second-order valence-electron chi connectivity index (χ2n) is 5.01. The summed E-state index contributed by atoms with van der Waals surface area (Å²) in [6, 6.07) is 0. The van der Waals surface area contributed by atoms with Gasteiger partial charge in [-0.05, 0) is 32.4 Å². The summed E-state index contributed by atoms with van der Waals surface area (Å²) >= 11 is 0. The summed E-state index contributed by atoms with van der Waals surface area (Å²) in [4.78, 5) is 2.39. The van der Waals surface area contributed by atoms with Gasteiger partial charge in [-0.1, -0.05) is 20.3 Å². The van der Waals surface area contributed by atoms with Crippen LogP contribution < -0.4 is 5.73 Å². The average molecular weight is 262 g/mol. The molecule has 2 N–H and O–H groups in total. The van der Waals surface area contributed by atoms with Crippen molar-refractivity contribution in [1.29, 1.82) is 0 Å². The van der Waals surface area contributed by atoms with E-state index in [4.69, 9.17) is 5.73 Å². The van der Waals surface area contributed by atoms with E-state index in [1.807, 2.05) is 0 Å². The lowest BCUT2D eigenvalue weighted by atomic mass is 9.89. The Balaban J connectivity index is 2.73. The molecular formula is C12H26N2O2S. The number of hydrogen-bond acceptors (Lipinski definition) is 4. The van der Waals surface area contributed by atoms with Gasteiger partial charge in [-0.2, -0.15) is 0 Å². The second-order valence-corrected chi connectivity index (χ2v) is 7.32. The molecule has 0 aliphatic carbocycles. The number of rotatable bonds is 6. The molecule has 1 heterocycles. The SMILES string of the molecule is CCCCN(CC)C1(CN)CCS(=O)(=O)CC1. The average Bonchev–Trinajstić information content (AvgIpc) is 2.32. The molecule has 1 rings (SSSR count). The Labute approximate surface area is 105 Å². The molecule has 0 atom stereocenters. The molecule has 102 valence electrons. The third-order valence-electron chi connectivity index (χ3n) is 3.97. The summed E-state index contributed by atoms with van der Waals surface area (Å²) < 4.78 is 23.0. The highest BCUT2D eigenvalue weighted by Gasteiger charge is 2.39. The quantitative estimate of drug-likeness (QED) is 0.776. The number of nitrogens with zero attached hydrogens (tertiary/aromatic N) is 1. The predicted octanol–water partition coefficient (Wildman–Crippen LogP) is 1.01. The van der Waals surface area contributed by atoms with Crippen LogP contribution in [0.15, 0.2) is 0 Å². The first-order valence-electron chi connectivity index (χ1n) is 6.65. The third kappa shape index (κ3) is 3.66. The fourth-order valence-electron chi connectivity index (χ4n) is 2.65. The van der Waals surface area contributed by atoms with Gasteiger partial charge in [0.2, 0.25) is 0 Å². The summed E-state index contributed by atoms with van der Waals surface area (Å²) in [5, 5.41) is 0. The zero-order valence-corrected chi connectivity index (χ0v) is 11.9. The van der Waals surface area contributed by atoms with E-state index in [1.165, 1.54) is 0 Å². The summed E-state index contributed by atoms with van der Waals surface area (Å²) in [5.41, 5.74) is 5.86. The molecule has 0 aromatic heterocycles. The molecule has 0 bridgehead atoms. The third-order valence-corrected chi connectivity index (χ3v) is 5.62. The van der Waals surface area contributed by atoms with Gasteiger partial charge in [0.15, 0.2) is 0 Å². The minimum absolute atomic E-state index is 0.0742. The smallest absolute Gasteiger partial charge is 0.150 e. The summed E-state index contributed by atoms with van der Waals surface area (Å²) in [6.07, 6.45) is 3.71. The molecule has 0 unspecified atom stereocenters. The first-order valence-corrected chi connectivity index (χ1v) is 8.47. The van der Waals surface area contributed by atoms with Gasteiger partial charge in [0.05, 0.1) is 11.5 Å². The first kappa shape index (κ1) is 14.9. The Morgan fingerprint density at radius 2 is 1.82 bits per heavy atom. The molecular weight excluding hydrogens is 236 g/mol. The van der Waals surface area contributed by atoms with Crippen LogP contribution in [-0.2, 0) is 9.84 Å². The largest absolute Gasteiger partial charge is 0.329 e. The van der Waals surface area contributed by atoms with E-state index in [2.05, 4.69) is 18.7 Å². The number of hydrogen-bond donors (Lipinski definition) is 1. The van der Waals surface area contributed by atoms with Crippen LogP contribution in [0.4, 0.5) is 0 Å². The topological polar surface area (TPSA) is 63.4 Å². The van der Waals surface area contributed by atoms with Crippen LogP contribution in [0, 0.1) is 0 Å². The molecule has 0 aromatic carbocycles. The highest BCUT2D eigenvalue weighted by molar-refractivity contribution is 7.91. The van der Waals surface area contributed by atoms with Crippen molar-refractivity contribution in [3.05, 3.63) is 0 Å². The van der Waals surface area contributed by atoms with Gasteiger partial charge in [-0.15, -0.1) is 0 Å². The minimum atomic E-state index is -2.81. The van der Waals surface area contributed by atoms with E-state index in [1.54, 1.807) is 0 Å². The van der Waals surface area contributed by atoms with Gasteiger partial charge in [0.1, 0.15) is 9.84 Å². The van der Waals surface area contributed by atoms with Crippen molar-refractivity contribution in [2.75, 3.05) is 31.1 Å². The zero-order valence-electron chi connectivity index (χ0n) is 11.1. The predicted molar refractivity (Wildman–Crippen MR) is 71.8 cm³/mol. The number of likely N-dealkylation sites (N-methyl/N-ethyl adjacent to an activating group) is 1. The van der Waals surface area contributed by atoms with Crippen LogP contribution in [0.3, 0.4) is 0 Å². The summed E-state index contributed by atoms with van der Waals surface area (Å²) in [6.45, 7) is 6.87. The molecule has 1 fully saturated rings. The van der Waals surface area contributed by atoms with Crippen LogP contribution in [0.1, 0.15) is 39.5 Å².